The van der Waals surface area contributed by atoms with E-state index in [0.717, 1.165) is 18.4 Å². The average Bonchev–Trinajstić information content (AvgIpc) is 2.78. The lowest BCUT2D eigenvalue weighted by atomic mass is 10.00. The lowest BCUT2D eigenvalue weighted by molar-refractivity contribution is 0.0985. The number of amides is 1. The summed E-state index contributed by atoms with van der Waals surface area (Å²) in [4.78, 5) is 14.8. The van der Waals surface area contributed by atoms with Gasteiger partial charge in [-0.05, 0) is 60.9 Å². The van der Waals surface area contributed by atoms with E-state index in [0.29, 0.717) is 29.2 Å². The summed E-state index contributed by atoms with van der Waals surface area (Å²) in [6.07, 6.45) is 1.68. The number of aryl methyl sites for hydroxylation is 1. The molecule has 1 heterocycles. The molecule has 1 aliphatic heterocycles. The van der Waals surface area contributed by atoms with Crippen LogP contribution in [0.3, 0.4) is 0 Å². The average molecular weight is 457 g/mol. The first kappa shape index (κ1) is 21.2. The summed E-state index contributed by atoms with van der Waals surface area (Å²) >= 11 is 6.08. The van der Waals surface area contributed by atoms with Crippen molar-refractivity contribution in [2.24, 2.45) is 0 Å². The van der Waals surface area contributed by atoms with Crippen molar-refractivity contribution in [2.45, 2.75) is 17.7 Å². The van der Waals surface area contributed by atoms with Crippen molar-refractivity contribution in [3.05, 3.63) is 82.9 Å². The second-order valence-electron chi connectivity index (χ2n) is 7.17. The number of ether oxygens (including phenoxy) is 1. The Balaban J connectivity index is 1.64. The molecule has 0 saturated carbocycles. The quantitative estimate of drug-likeness (QED) is 0.601. The molecular weight excluding hydrogens is 436 g/mol. The smallest absolute Gasteiger partial charge is 0.261 e. The molecule has 3 aromatic carbocycles. The van der Waals surface area contributed by atoms with Crippen molar-refractivity contribution in [3.63, 3.8) is 0 Å². The van der Waals surface area contributed by atoms with E-state index < -0.39 is 10.0 Å². The van der Waals surface area contributed by atoms with Gasteiger partial charge in [-0.1, -0.05) is 35.9 Å². The Labute approximate surface area is 186 Å². The van der Waals surface area contributed by atoms with Crippen LogP contribution in [0.25, 0.3) is 0 Å². The number of methoxy groups -OCH3 is 1. The van der Waals surface area contributed by atoms with Crippen LogP contribution in [0.1, 0.15) is 22.3 Å². The Kier molecular flexibility index (Phi) is 5.89. The highest BCUT2D eigenvalue weighted by molar-refractivity contribution is 7.92. The van der Waals surface area contributed by atoms with Gasteiger partial charge in [0.15, 0.2) is 0 Å². The third-order valence-corrected chi connectivity index (χ3v) is 6.83. The zero-order valence-corrected chi connectivity index (χ0v) is 18.4. The number of hydrogen-bond donors (Lipinski definition) is 1. The molecule has 4 rings (SSSR count). The molecule has 0 aliphatic carbocycles. The molecule has 6 nitrogen and oxygen atoms in total. The molecule has 0 fully saturated rings. The van der Waals surface area contributed by atoms with E-state index >= 15 is 0 Å². The van der Waals surface area contributed by atoms with Gasteiger partial charge in [0.05, 0.1) is 22.7 Å². The normalized spacial score (nSPS) is 13.4. The topological polar surface area (TPSA) is 75.7 Å². The number of benzene rings is 3. The monoisotopic (exact) mass is 456 g/mol. The van der Waals surface area contributed by atoms with Crippen LogP contribution in [0.2, 0.25) is 5.02 Å². The Bertz CT molecular complexity index is 1230. The number of halogens is 1. The van der Waals surface area contributed by atoms with Crippen molar-refractivity contribution in [1.29, 1.82) is 0 Å². The molecule has 160 valence electrons. The number of nitrogens with one attached hydrogen (secondary N) is 1. The fraction of sp³-hybridized carbons (Fsp3) is 0.174. The van der Waals surface area contributed by atoms with Crippen LogP contribution in [-0.4, -0.2) is 28.0 Å². The number of carbonyl (C=O) groups is 1. The van der Waals surface area contributed by atoms with Crippen LogP contribution >= 0.6 is 11.6 Å². The van der Waals surface area contributed by atoms with Crippen LogP contribution in [0.15, 0.2) is 71.6 Å². The number of rotatable bonds is 5. The summed E-state index contributed by atoms with van der Waals surface area (Å²) < 4.78 is 33.4. The Morgan fingerprint density at radius 3 is 2.55 bits per heavy atom. The zero-order valence-electron chi connectivity index (χ0n) is 16.8. The molecule has 1 amide bonds. The lowest BCUT2D eigenvalue weighted by Gasteiger charge is -2.30. The molecule has 0 atom stereocenters. The fourth-order valence-corrected chi connectivity index (χ4v) is 5.01. The first-order valence-electron chi connectivity index (χ1n) is 9.75. The van der Waals surface area contributed by atoms with Crippen molar-refractivity contribution in [1.82, 2.24) is 0 Å². The van der Waals surface area contributed by atoms with Crippen molar-refractivity contribution in [2.75, 3.05) is 23.3 Å². The van der Waals surface area contributed by atoms with Gasteiger partial charge in [0, 0.05) is 17.8 Å². The second-order valence-corrected chi connectivity index (χ2v) is 9.26. The predicted octanol–water partition coefficient (Wildman–Crippen LogP) is 4.74. The minimum Gasteiger partial charge on any atom is -0.495 e. The van der Waals surface area contributed by atoms with E-state index in [4.69, 9.17) is 16.3 Å². The highest BCUT2D eigenvalue weighted by Gasteiger charge is 2.25. The molecule has 0 unspecified atom stereocenters. The van der Waals surface area contributed by atoms with Crippen LogP contribution in [-0.2, 0) is 16.4 Å². The molecule has 31 heavy (non-hydrogen) atoms. The molecular formula is C23H21ClN2O4S. The first-order chi connectivity index (χ1) is 14.9. The van der Waals surface area contributed by atoms with Gasteiger partial charge in [0.25, 0.3) is 15.9 Å². The molecule has 3 aromatic rings. The molecule has 0 saturated heterocycles. The van der Waals surface area contributed by atoms with Crippen LogP contribution in [0, 0.1) is 0 Å². The molecule has 0 spiro atoms. The SMILES string of the molecule is COc1ccc(S(=O)(=O)Nc2ccc3c(c2)N(C(=O)c2ccccc2)CCC3)cc1Cl. The Hall–Kier alpha value is -3.03. The lowest BCUT2D eigenvalue weighted by Crippen LogP contribution is -2.35. The highest BCUT2D eigenvalue weighted by Crippen LogP contribution is 2.33. The largest absolute Gasteiger partial charge is 0.495 e. The highest BCUT2D eigenvalue weighted by atomic mass is 35.5. The molecule has 1 aliphatic rings. The Morgan fingerprint density at radius 1 is 1.06 bits per heavy atom. The summed E-state index contributed by atoms with van der Waals surface area (Å²) in [6, 6.07) is 18.6. The second kappa shape index (κ2) is 8.61. The van der Waals surface area contributed by atoms with Crippen LogP contribution in [0.5, 0.6) is 5.75 Å². The maximum atomic E-state index is 13.0. The molecule has 0 bridgehead atoms. The van der Waals surface area contributed by atoms with Crippen molar-refractivity contribution < 1.29 is 17.9 Å². The van der Waals surface area contributed by atoms with E-state index in [1.165, 1.54) is 25.3 Å². The van der Waals surface area contributed by atoms with E-state index in [9.17, 15) is 13.2 Å². The maximum absolute atomic E-state index is 13.0. The summed E-state index contributed by atoms with van der Waals surface area (Å²) in [5.74, 6) is 0.285. The van der Waals surface area contributed by atoms with Gasteiger partial charge < -0.3 is 9.64 Å². The van der Waals surface area contributed by atoms with Gasteiger partial charge >= 0.3 is 0 Å². The zero-order chi connectivity index (χ0) is 22.0. The number of anilines is 2. The van der Waals surface area contributed by atoms with Gasteiger partial charge in [-0.15, -0.1) is 0 Å². The standard InChI is InChI=1S/C23H21ClN2O4S/c1-30-22-12-11-19(15-20(22)24)31(28,29)25-18-10-9-16-8-5-13-26(21(16)14-18)23(27)17-6-3-2-4-7-17/h2-4,6-7,9-12,14-15,25H,5,8,13H2,1H3. The van der Waals surface area contributed by atoms with E-state index in [1.807, 2.05) is 24.3 Å². The minimum atomic E-state index is -3.87. The summed E-state index contributed by atoms with van der Waals surface area (Å²) in [5.41, 5.74) is 2.69. The van der Waals surface area contributed by atoms with Crippen LogP contribution < -0.4 is 14.4 Å². The molecule has 8 heteroatoms. The van der Waals surface area contributed by atoms with Gasteiger partial charge in [0.1, 0.15) is 5.75 Å². The summed E-state index contributed by atoms with van der Waals surface area (Å²) in [6.45, 7) is 0.574. The summed E-state index contributed by atoms with van der Waals surface area (Å²) in [7, 11) is -2.41. The van der Waals surface area contributed by atoms with Crippen molar-refractivity contribution in [3.8, 4) is 5.75 Å². The van der Waals surface area contributed by atoms with Crippen LogP contribution in [0.4, 0.5) is 11.4 Å². The molecule has 0 aromatic heterocycles. The number of carbonyl (C=O) groups excluding carboxylic acids is 1. The first-order valence-corrected chi connectivity index (χ1v) is 11.6. The number of nitrogens with zero attached hydrogens (tertiary/aromatic N) is 1. The summed E-state index contributed by atoms with van der Waals surface area (Å²) in [5, 5.41) is 0.204. The van der Waals surface area contributed by atoms with Gasteiger partial charge in [-0.25, -0.2) is 8.42 Å². The van der Waals surface area contributed by atoms with Gasteiger partial charge in [0.2, 0.25) is 0 Å². The van der Waals surface area contributed by atoms with E-state index in [2.05, 4.69) is 4.72 Å². The third kappa shape index (κ3) is 4.38. The minimum absolute atomic E-state index is 0.0215. The van der Waals surface area contributed by atoms with Gasteiger partial charge in [-0.2, -0.15) is 0 Å². The molecule has 0 radical (unpaired) electrons. The Morgan fingerprint density at radius 2 is 1.84 bits per heavy atom. The van der Waals surface area contributed by atoms with E-state index in [-0.39, 0.29) is 15.8 Å². The third-order valence-electron chi connectivity index (χ3n) is 5.16. The fourth-order valence-electron chi connectivity index (χ4n) is 3.61. The van der Waals surface area contributed by atoms with Crippen molar-refractivity contribution >= 4 is 38.9 Å². The number of fused-ring (bicyclic) bond motifs is 1. The molecule has 1 N–H and O–H groups in total. The van der Waals surface area contributed by atoms with E-state index in [1.54, 1.807) is 29.2 Å². The number of hydrogen-bond acceptors (Lipinski definition) is 4. The number of sulfonamides is 1. The maximum Gasteiger partial charge on any atom is 0.261 e. The predicted molar refractivity (Wildman–Crippen MR) is 122 cm³/mol. The van der Waals surface area contributed by atoms with Gasteiger partial charge in [-0.3, -0.25) is 9.52 Å².